The van der Waals surface area contributed by atoms with Crippen LogP contribution < -0.4 is 10.9 Å². The second-order valence-electron chi connectivity index (χ2n) is 7.05. The molecule has 0 fully saturated rings. The first-order valence-corrected chi connectivity index (χ1v) is 9.46. The van der Waals surface area contributed by atoms with E-state index >= 15 is 0 Å². The lowest BCUT2D eigenvalue weighted by molar-refractivity contribution is 0.0950. The molecule has 0 saturated carbocycles. The van der Waals surface area contributed by atoms with E-state index in [1.54, 1.807) is 19.2 Å². The number of hydrogen-bond donors (Lipinski definition) is 2. The minimum Gasteiger partial charge on any atom is -0.372 e. The Morgan fingerprint density at radius 2 is 1.96 bits per heavy atom. The number of pyridine rings is 1. The normalized spacial score (nSPS) is 14.5. The van der Waals surface area contributed by atoms with Gasteiger partial charge in [-0.2, -0.15) is 0 Å². The van der Waals surface area contributed by atoms with Crippen molar-refractivity contribution in [3.63, 3.8) is 0 Å². The van der Waals surface area contributed by atoms with Gasteiger partial charge in [0.05, 0.1) is 0 Å². The van der Waals surface area contributed by atoms with Crippen molar-refractivity contribution in [3.05, 3.63) is 92.4 Å². The highest BCUT2D eigenvalue weighted by Crippen LogP contribution is 2.29. The van der Waals surface area contributed by atoms with Crippen LogP contribution in [0.25, 0.3) is 0 Å². The number of benzene rings is 1. The molecule has 0 bridgehead atoms. The van der Waals surface area contributed by atoms with Gasteiger partial charge in [-0.05, 0) is 61.6 Å². The molecule has 5 heteroatoms. The molecule has 3 rings (SSSR count). The molecular formula is C23H26N2O3. The smallest absolute Gasteiger partial charge is 0.253 e. The quantitative estimate of drug-likeness (QED) is 0.801. The number of aryl methyl sites for hydroxylation is 2. The van der Waals surface area contributed by atoms with E-state index < -0.39 is 0 Å². The highest BCUT2D eigenvalue weighted by atomic mass is 16.5. The van der Waals surface area contributed by atoms with Crippen LogP contribution in [0.15, 0.2) is 58.9 Å². The summed E-state index contributed by atoms with van der Waals surface area (Å²) in [5, 5.41) is 2.83. The molecule has 1 aliphatic rings. The fourth-order valence-electron chi connectivity index (χ4n) is 3.47. The Morgan fingerprint density at radius 1 is 1.21 bits per heavy atom. The molecule has 1 atom stereocenters. The Labute approximate surface area is 165 Å². The lowest BCUT2D eigenvalue weighted by atomic mass is 9.96. The van der Waals surface area contributed by atoms with Gasteiger partial charge in [0.15, 0.2) is 0 Å². The van der Waals surface area contributed by atoms with Crippen molar-refractivity contribution in [2.24, 2.45) is 0 Å². The van der Waals surface area contributed by atoms with Crippen molar-refractivity contribution in [1.29, 1.82) is 0 Å². The first-order chi connectivity index (χ1) is 13.5. The van der Waals surface area contributed by atoms with E-state index in [-0.39, 0.29) is 24.1 Å². The zero-order valence-corrected chi connectivity index (χ0v) is 16.5. The molecule has 28 heavy (non-hydrogen) atoms. The van der Waals surface area contributed by atoms with Crippen molar-refractivity contribution in [3.8, 4) is 0 Å². The van der Waals surface area contributed by atoms with Crippen LogP contribution in [0.3, 0.4) is 0 Å². The van der Waals surface area contributed by atoms with Gasteiger partial charge in [-0.15, -0.1) is 0 Å². The van der Waals surface area contributed by atoms with Crippen LogP contribution in [0, 0.1) is 13.8 Å². The number of ether oxygens (including phenoxy) is 1. The molecule has 1 amide bonds. The molecule has 0 saturated heterocycles. The Morgan fingerprint density at radius 3 is 2.57 bits per heavy atom. The highest BCUT2D eigenvalue weighted by Gasteiger charge is 2.16. The van der Waals surface area contributed by atoms with Crippen LogP contribution in [-0.4, -0.2) is 18.0 Å². The Bertz CT molecular complexity index is 968. The molecule has 1 heterocycles. The van der Waals surface area contributed by atoms with E-state index in [2.05, 4.69) is 28.5 Å². The maximum Gasteiger partial charge on any atom is 0.253 e. The summed E-state index contributed by atoms with van der Waals surface area (Å²) in [5.41, 5.74) is 4.78. The fraction of sp³-hybridized carbons (Fsp3) is 0.304. The van der Waals surface area contributed by atoms with E-state index in [1.165, 1.54) is 0 Å². The number of carbonyl (C=O) groups excluding carboxylic acids is 1. The van der Waals surface area contributed by atoms with E-state index in [1.807, 2.05) is 32.0 Å². The average Bonchev–Trinajstić information content (AvgIpc) is 2.69. The van der Waals surface area contributed by atoms with Crippen LogP contribution in [0.1, 0.15) is 51.7 Å². The number of aromatic amines is 1. The number of carbonyl (C=O) groups is 1. The van der Waals surface area contributed by atoms with Crippen LogP contribution in [-0.2, 0) is 11.3 Å². The molecule has 0 spiro atoms. The molecule has 1 aliphatic carbocycles. The highest BCUT2D eigenvalue weighted by molar-refractivity contribution is 5.94. The minimum absolute atomic E-state index is 0.137. The minimum atomic E-state index is -0.211. The van der Waals surface area contributed by atoms with Crippen molar-refractivity contribution < 1.29 is 9.53 Å². The number of H-pyrrole nitrogens is 1. The summed E-state index contributed by atoms with van der Waals surface area (Å²) < 4.78 is 5.66. The van der Waals surface area contributed by atoms with E-state index in [9.17, 15) is 9.59 Å². The number of methoxy groups -OCH3 is 1. The summed E-state index contributed by atoms with van der Waals surface area (Å²) in [5.74, 6) is -0.211. The fourth-order valence-corrected chi connectivity index (χ4v) is 3.47. The molecule has 146 valence electrons. The van der Waals surface area contributed by atoms with Gasteiger partial charge in [0.1, 0.15) is 6.10 Å². The zero-order chi connectivity index (χ0) is 20.1. The van der Waals surface area contributed by atoms with Gasteiger partial charge in [0.2, 0.25) is 0 Å². The molecule has 2 aromatic rings. The summed E-state index contributed by atoms with van der Waals surface area (Å²) in [4.78, 5) is 27.3. The lowest BCUT2D eigenvalue weighted by Crippen LogP contribution is -2.27. The largest absolute Gasteiger partial charge is 0.372 e. The van der Waals surface area contributed by atoms with Crippen LogP contribution in [0.4, 0.5) is 0 Å². The second kappa shape index (κ2) is 8.85. The average molecular weight is 378 g/mol. The number of rotatable bonds is 6. The molecule has 1 unspecified atom stereocenters. The van der Waals surface area contributed by atoms with Crippen LogP contribution >= 0.6 is 0 Å². The number of hydrogen-bond acceptors (Lipinski definition) is 3. The maximum absolute atomic E-state index is 12.5. The first kappa shape index (κ1) is 19.8. The molecule has 2 N–H and O–H groups in total. The topological polar surface area (TPSA) is 71.2 Å². The van der Waals surface area contributed by atoms with E-state index in [4.69, 9.17) is 4.74 Å². The Kier molecular flexibility index (Phi) is 6.26. The van der Waals surface area contributed by atoms with Gasteiger partial charge in [0, 0.05) is 30.5 Å². The number of allylic oxidation sites excluding steroid dienone is 2. The van der Waals surface area contributed by atoms with E-state index in [0.29, 0.717) is 11.1 Å². The third kappa shape index (κ3) is 4.49. The number of aromatic nitrogens is 1. The van der Waals surface area contributed by atoms with Gasteiger partial charge in [0.25, 0.3) is 11.5 Å². The zero-order valence-electron chi connectivity index (χ0n) is 16.5. The molecule has 0 aliphatic heterocycles. The SMILES string of the molecule is COC(C1=CCCC=C1)c1ccc(C(=O)NCc2c(C)cc(C)[nH]c2=O)cc1. The standard InChI is InChI=1S/C23H26N2O3/c1-15-13-16(2)25-23(27)20(15)14-24-22(26)19-11-9-18(10-12-19)21(28-3)17-7-5-4-6-8-17/h5,7-13,21H,4,6,14H2,1-3H3,(H,24,26)(H,25,27). The molecule has 1 aromatic carbocycles. The molecule has 5 nitrogen and oxygen atoms in total. The molecule has 1 aromatic heterocycles. The van der Waals surface area contributed by atoms with Crippen molar-refractivity contribution >= 4 is 5.91 Å². The first-order valence-electron chi connectivity index (χ1n) is 9.46. The van der Waals surface area contributed by atoms with Gasteiger partial charge < -0.3 is 15.0 Å². The summed E-state index contributed by atoms with van der Waals surface area (Å²) in [6.07, 6.45) is 8.38. The Hall–Kier alpha value is -2.92. The van der Waals surface area contributed by atoms with Gasteiger partial charge in [-0.3, -0.25) is 9.59 Å². The van der Waals surface area contributed by atoms with Crippen molar-refractivity contribution in [1.82, 2.24) is 10.3 Å². The van der Waals surface area contributed by atoms with Gasteiger partial charge >= 0.3 is 0 Å². The third-order valence-electron chi connectivity index (χ3n) is 4.96. The molecule has 0 radical (unpaired) electrons. The monoisotopic (exact) mass is 378 g/mol. The summed E-state index contributed by atoms with van der Waals surface area (Å²) in [6, 6.07) is 9.30. The van der Waals surface area contributed by atoms with E-state index in [0.717, 1.165) is 35.2 Å². The predicted molar refractivity (Wildman–Crippen MR) is 110 cm³/mol. The predicted octanol–water partition coefficient (Wildman–Crippen LogP) is 3.89. The lowest BCUT2D eigenvalue weighted by Gasteiger charge is -2.19. The van der Waals surface area contributed by atoms with Crippen molar-refractivity contribution in [2.75, 3.05) is 7.11 Å². The van der Waals surface area contributed by atoms with Gasteiger partial charge in [-0.1, -0.05) is 30.4 Å². The summed E-state index contributed by atoms with van der Waals surface area (Å²) >= 11 is 0. The van der Waals surface area contributed by atoms with Crippen molar-refractivity contribution in [2.45, 2.75) is 39.3 Å². The van der Waals surface area contributed by atoms with Crippen LogP contribution in [0.5, 0.6) is 0 Å². The third-order valence-corrected chi connectivity index (χ3v) is 4.96. The maximum atomic E-state index is 12.5. The summed E-state index contributed by atoms with van der Waals surface area (Å²) in [6.45, 7) is 3.91. The number of nitrogens with one attached hydrogen (secondary N) is 2. The molecular weight excluding hydrogens is 352 g/mol. The second-order valence-corrected chi connectivity index (χ2v) is 7.05. The number of amides is 1. The van der Waals surface area contributed by atoms with Crippen LogP contribution in [0.2, 0.25) is 0 Å². The summed E-state index contributed by atoms with van der Waals surface area (Å²) in [7, 11) is 1.69. The Balaban J connectivity index is 1.69. The van der Waals surface area contributed by atoms with Gasteiger partial charge in [-0.25, -0.2) is 0 Å².